The zero-order chi connectivity index (χ0) is 17.5. The summed E-state index contributed by atoms with van der Waals surface area (Å²) in [4.78, 5) is 37.7. The van der Waals surface area contributed by atoms with Gasteiger partial charge < -0.3 is 14.8 Å². The highest BCUT2D eigenvalue weighted by Gasteiger charge is 2.18. The van der Waals surface area contributed by atoms with E-state index >= 15 is 0 Å². The summed E-state index contributed by atoms with van der Waals surface area (Å²) < 4.78 is 9.74. The Morgan fingerprint density at radius 1 is 1.25 bits per heavy atom. The van der Waals surface area contributed by atoms with Crippen LogP contribution in [0.3, 0.4) is 0 Å². The molecule has 0 aliphatic heterocycles. The summed E-state index contributed by atoms with van der Waals surface area (Å²) in [5.74, 6) is -1.12. The molecule has 0 unspecified atom stereocenters. The second kappa shape index (κ2) is 7.68. The van der Waals surface area contributed by atoms with E-state index in [-0.39, 0.29) is 22.7 Å². The van der Waals surface area contributed by atoms with Crippen molar-refractivity contribution in [2.45, 2.75) is 0 Å². The van der Waals surface area contributed by atoms with Gasteiger partial charge in [0, 0.05) is 12.4 Å². The van der Waals surface area contributed by atoms with Crippen LogP contribution in [0.5, 0.6) is 5.75 Å². The SMILES string of the molecule is COc1ccc(NC(=O)COC(=O)c2ccncc2)c([N+](=O)[O-])c1. The number of nitrogens with zero attached hydrogens (tertiary/aromatic N) is 2. The molecule has 0 spiro atoms. The number of nitro benzene ring substituents is 1. The number of amides is 1. The molecule has 0 aliphatic rings. The molecule has 1 aromatic heterocycles. The van der Waals surface area contributed by atoms with E-state index in [1.54, 1.807) is 0 Å². The number of anilines is 1. The highest BCUT2D eigenvalue weighted by atomic mass is 16.6. The van der Waals surface area contributed by atoms with Crippen LogP contribution in [-0.4, -0.2) is 35.5 Å². The van der Waals surface area contributed by atoms with Gasteiger partial charge in [0.05, 0.1) is 23.7 Å². The summed E-state index contributed by atoms with van der Waals surface area (Å²) in [7, 11) is 1.37. The summed E-state index contributed by atoms with van der Waals surface area (Å²) in [6.07, 6.45) is 2.83. The maximum Gasteiger partial charge on any atom is 0.338 e. The lowest BCUT2D eigenvalue weighted by Crippen LogP contribution is -2.21. The smallest absolute Gasteiger partial charge is 0.338 e. The van der Waals surface area contributed by atoms with Crippen molar-refractivity contribution in [3.63, 3.8) is 0 Å². The van der Waals surface area contributed by atoms with E-state index in [1.807, 2.05) is 0 Å². The van der Waals surface area contributed by atoms with E-state index in [1.165, 1.54) is 49.8 Å². The lowest BCUT2D eigenvalue weighted by atomic mass is 10.2. The Morgan fingerprint density at radius 3 is 2.58 bits per heavy atom. The summed E-state index contributed by atoms with van der Waals surface area (Å²) in [5, 5.41) is 13.4. The van der Waals surface area contributed by atoms with Crippen molar-refractivity contribution < 1.29 is 24.0 Å². The number of nitro groups is 1. The highest BCUT2D eigenvalue weighted by molar-refractivity contribution is 5.96. The predicted molar refractivity (Wildman–Crippen MR) is 82.8 cm³/mol. The van der Waals surface area contributed by atoms with Crippen LogP contribution in [0.25, 0.3) is 0 Å². The maximum atomic E-state index is 11.8. The number of esters is 1. The Kier molecular flexibility index (Phi) is 5.40. The van der Waals surface area contributed by atoms with E-state index in [2.05, 4.69) is 10.3 Å². The van der Waals surface area contributed by atoms with Crippen molar-refractivity contribution >= 4 is 23.3 Å². The van der Waals surface area contributed by atoms with Crippen molar-refractivity contribution in [1.29, 1.82) is 0 Å². The number of methoxy groups -OCH3 is 1. The van der Waals surface area contributed by atoms with Gasteiger partial charge in [-0.15, -0.1) is 0 Å². The quantitative estimate of drug-likeness (QED) is 0.486. The lowest BCUT2D eigenvalue weighted by molar-refractivity contribution is -0.384. The monoisotopic (exact) mass is 331 g/mol. The zero-order valence-electron chi connectivity index (χ0n) is 12.6. The minimum atomic E-state index is -0.703. The fraction of sp³-hybridized carbons (Fsp3) is 0.133. The molecule has 0 atom stereocenters. The van der Waals surface area contributed by atoms with E-state index in [4.69, 9.17) is 9.47 Å². The molecular weight excluding hydrogens is 318 g/mol. The van der Waals surface area contributed by atoms with Crippen molar-refractivity contribution in [3.05, 3.63) is 58.4 Å². The molecule has 9 heteroatoms. The first-order chi connectivity index (χ1) is 11.5. The molecule has 24 heavy (non-hydrogen) atoms. The number of hydrogen-bond donors (Lipinski definition) is 1. The molecule has 1 aromatic carbocycles. The molecule has 0 aliphatic carbocycles. The molecule has 124 valence electrons. The number of carbonyl (C=O) groups excluding carboxylic acids is 2. The van der Waals surface area contributed by atoms with Crippen LogP contribution in [0.2, 0.25) is 0 Å². The van der Waals surface area contributed by atoms with Crippen molar-refractivity contribution in [3.8, 4) is 5.75 Å². The van der Waals surface area contributed by atoms with E-state index in [0.717, 1.165) is 0 Å². The van der Waals surface area contributed by atoms with E-state index in [9.17, 15) is 19.7 Å². The molecular formula is C15H13N3O6. The van der Waals surface area contributed by atoms with E-state index < -0.39 is 23.4 Å². The van der Waals surface area contributed by atoms with Gasteiger partial charge in [0.1, 0.15) is 11.4 Å². The molecule has 0 saturated carbocycles. The van der Waals surface area contributed by atoms with Gasteiger partial charge in [-0.1, -0.05) is 0 Å². The second-order valence-electron chi connectivity index (χ2n) is 4.50. The first-order valence-corrected chi connectivity index (χ1v) is 6.70. The topological polar surface area (TPSA) is 121 Å². The average Bonchev–Trinajstić information content (AvgIpc) is 2.60. The minimum Gasteiger partial charge on any atom is -0.496 e. The number of pyridine rings is 1. The standard InChI is InChI=1S/C15H13N3O6/c1-23-11-2-3-12(13(8-11)18(21)22)17-14(19)9-24-15(20)10-4-6-16-7-5-10/h2-8H,9H2,1H3,(H,17,19). The van der Waals surface area contributed by atoms with Gasteiger partial charge in [-0.05, 0) is 24.3 Å². The molecule has 2 rings (SSSR count). The number of carbonyl (C=O) groups is 2. The molecule has 0 fully saturated rings. The normalized spacial score (nSPS) is 9.88. The van der Waals surface area contributed by atoms with Gasteiger partial charge in [-0.25, -0.2) is 4.79 Å². The molecule has 2 aromatic rings. The number of rotatable bonds is 6. The van der Waals surface area contributed by atoms with Gasteiger partial charge in [0.25, 0.3) is 11.6 Å². The maximum absolute atomic E-state index is 11.8. The molecule has 0 radical (unpaired) electrons. The summed E-state index contributed by atoms with van der Waals surface area (Å²) in [6.45, 7) is -0.579. The first kappa shape index (κ1) is 16.9. The Balaban J connectivity index is 2.00. The van der Waals surface area contributed by atoms with Crippen molar-refractivity contribution in [1.82, 2.24) is 4.98 Å². The van der Waals surface area contributed by atoms with Crippen LogP contribution in [0.15, 0.2) is 42.7 Å². The predicted octanol–water partition coefficient (Wildman–Crippen LogP) is 1.79. The van der Waals surface area contributed by atoms with Gasteiger partial charge >= 0.3 is 5.97 Å². The van der Waals surface area contributed by atoms with Crippen LogP contribution >= 0.6 is 0 Å². The molecule has 1 N–H and O–H groups in total. The van der Waals surface area contributed by atoms with Crippen LogP contribution in [0, 0.1) is 10.1 Å². The van der Waals surface area contributed by atoms with Crippen molar-refractivity contribution in [2.24, 2.45) is 0 Å². The number of hydrogen-bond acceptors (Lipinski definition) is 7. The van der Waals surface area contributed by atoms with Crippen LogP contribution in [0.4, 0.5) is 11.4 Å². The second-order valence-corrected chi connectivity index (χ2v) is 4.50. The van der Waals surface area contributed by atoms with Gasteiger partial charge in [0.2, 0.25) is 0 Å². The van der Waals surface area contributed by atoms with Crippen LogP contribution < -0.4 is 10.1 Å². The first-order valence-electron chi connectivity index (χ1n) is 6.70. The molecule has 0 saturated heterocycles. The Hall–Kier alpha value is -3.49. The lowest BCUT2D eigenvalue weighted by Gasteiger charge is -2.08. The number of ether oxygens (including phenoxy) is 2. The van der Waals surface area contributed by atoms with Crippen LogP contribution in [0.1, 0.15) is 10.4 Å². The summed E-state index contributed by atoms with van der Waals surface area (Å²) in [5.41, 5.74) is -0.109. The fourth-order valence-corrected chi connectivity index (χ4v) is 1.78. The van der Waals surface area contributed by atoms with Crippen molar-refractivity contribution in [2.75, 3.05) is 19.0 Å². The third-order valence-electron chi connectivity index (χ3n) is 2.93. The number of aromatic nitrogens is 1. The highest BCUT2D eigenvalue weighted by Crippen LogP contribution is 2.28. The molecule has 1 heterocycles. The average molecular weight is 331 g/mol. The zero-order valence-corrected chi connectivity index (χ0v) is 12.6. The van der Waals surface area contributed by atoms with Gasteiger partial charge in [-0.2, -0.15) is 0 Å². The minimum absolute atomic E-state index is 0.0224. The third kappa shape index (κ3) is 4.26. The Bertz CT molecular complexity index is 763. The van der Waals surface area contributed by atoms with Gasteiger partial charge in [0.15, 0.2) is 6.61 Å². The van der Waals surface area contributed by atoms with Crippen LogP contribution in [-0.2, 0) is 9.53 Å². The molecule has 0 bridgehead atoms. The summed E-state index contributed by atoms with van der Waals surface area (Å²) in [6, 6.07) is 6.85. The molecule has 1 amide bonds. The van der Waals surface area contributed by atoms with Gasteiger partial charge in [-0.3, -0.25) is 19.9 Å². The third-order valence-corrected chi connectivity index (χ3v) is 2.93. The fourth-order valence-electron chi connectivity index (χ4n) is 1.78. The Morgan fingerprint density at radius 2 is 1.96 bits per heavy atom. The number of nitrogens with one attached hydrogen (secondary N) is 1. The largest absolute Gasteiger partial charge is 0.496 e. The molecule has 9 nitrogen and oxygen atoms in total. The number of benzene rings is 1. The van der Waals surface area contributed by atoms with E-state index in [0.29, 0.717) is 0 Å². The summed E-state index contributed by atoms with van der Waals surface area (Å²) >= 11 is 0. The Labute approximate surface area is 136 Å².